The van der Waals surface area contributed by atoms with Gasteiger partial charge in [-0.25, -0.2) is 13.8 Å². The van der Waals surface area contributed by atoms with Crippen molar-refractivity contribution in [2.75, 3.05) is 10.2 Å². The highest BCUT2D eigenvalue weighted by Gasteiger charge is 2.45. The average Bonchev–Trinajstić information content (AvgIpc) is 3.03. The first-order valence-electron chi connectivity index (χ1n) is 10.4. The zero-order valence-electron chi connectivity index (χ0n) is 18.2. The van der Waals surface area contributed by atoms with E-state index in [4.69, 9.17) is 35.4 Å². The number of hydrogen-bond donors (Lipinski definition) is 2. The number of nitrogens with one attached hydrogen (secondary N) is 2. The Hall–Kier alpha value is -3.60. The molecule has 4 rings (SSSR count). The van der Waals surface area contributed by atoms with Crippen LogP contribution in [-0.2, 0) is 9.59 Å². The standard InChI is InChI=1S/C24H16Cl2F2N4O3S/c25-14-9-15(26)11-18(10-14)29-21(33)12-20-23(35)31(19-6-4-16(27)5-7-19)24(36)32(20)30-22(34)13-2-1-3-17(28)8-13/h1-11,20H,12H2,(H,29,33)(H,30,34). The molecule has 12 heteroatoms. The second kappa shape index (κ2) is 10.6. The predicted octanol–water partition coefficient (Wildman–Crippen LogP) is 4.95. The smallest absolute Gasteiger partial charge is 0.269 e. The van der Waals surface area contributed by atoms with Crippen LogP contribution < -0.4 is 15.6 Å². The third-order valence-corrected chi connectivity index (χ3v) is 5.95. The highest BCUT2D eigenvalue weighted by atomic mass is 35.5. The van der Waals surface area contributed by atoms with E-state index in [2.05, 4.69) is 10.7 Å². The van der Waals surface area contributed by atoms with Crippen molar-refractivity contribution in [2.24, 2.45) is 0 Å². The number of hydrogen-bond acceptors (Lipinski definition) is 4. The molecule has 0 radical (unpaired) electrons. The first kappa shape index (κ1) is 25.5. The monoisotopic (exact) mass is 548 g/mol. The third-order valence-electron chi connectivity index (χ3n) is 5.13. The molecule has 3 amide bonds. The number of carbonyl (C=O) groups is 3. The van der Waals surface area contributed by atoms with Gasteiger partial charge in [0, 0.05) is 21.3 Å². The van der Waals surface area contributed by atoms with Gasteiger partial charge >= 0.3 is 0 Å². The fourth-order valence-corrected chi connectivity index (χ4v) is 4.44. The minimum absolute atomic E-state index is 0.0257. The van der Waals surface area contributed by atoms with Gasteiger partial charge in [-0.3, -0.25) is 24.7 Å². The van der Waals surface area contributed by atoms with E-state index < -0.39 is 41.8 Å². The van der Waals surface area contributed by atoms with Crippen LogP contribution in [0.2, 0.25) is 10.0 Å². The van der Waals surface area contributed by atoms with Crippen LogP contribution in [0.25, 0.3) is 0 Å². The summed E-state index contributed by atoms with van der Waals surface area (Å²) in [6.07, 6.45) is -0.426. The number of hydrazine groups is 1. The fraction of sp³-hybridized carbons (Fsp3) is 0.0833. The van der Waals surface area contributed by atoms with Crippen molar-refractivity contribution in [3.05, 3.63) is 94.0 Å². The molecule has 1 aliphatic rings. The van der Waals surface area contributed by atoms with E-state index in [-0.39, 0.29) is 16.4 Å². The van der Waals surface area contributed by atoms with Crippen molar-refractivity contribution in [2.45, 2.75) is 12.5 Å². The number of nitrogens with zero attached hydrogens (tertiary/aromatic N) is 2. The lowest BCUT2D eigenvalue weighted by atomic mass is 10.1. The molecular weight excluding hydrogens is 533 g/mol. The minimum Gasteiger partial charge on any atom is -0.326 e. The summed E-state index contributed by atoms with van der Waals surface area (Å²) in [5.41, 5.74) is 2.99. The molecule has 1 aliphatic heterocycles. The number of benzene rings is 3. The Balaban J connectivity index is 1.61. The third kappa shape index (κ3) is 5.62. The van der Waals surface area contributed by atoms with Gasteiger partial charge in [0.1, 0.15) is 17.7 Å². The molecule has 184 valence electrons. The van der Waals surface area contributed by atoms with Crippen molar-refractivity contribution in [3.8, 4) is 0 Å². The van der Waals surface area contributed by atoms with Crippen molar-refractivity contribution in [1.82, 2.24) is 10.4 Å². The summed E-state index contributed by atoms with van der Waals surface area (Å²) in [5.74, 6) is -3.14. The molecule has 3 aromatic carbocycles. The van der Waals surface area contributed by atoms with E-state index in [1.165, 1.54) is 48.5 Å². The van der Waals surface area contributed by atoms with Crippen LogP contribution in [-0.4, -0.2) is 33.9 Å². The van der Waals surface area contributed by atoms with Crippen LogP contribution >= 0.6 is 35.4 Å². The van der Waals surface area contributed by atoms with E-state index in [9.17, 15) is 23.2 Å². The van der Waals surface area contributed by atoms with Gasteiger partial charge in [-0.2, -0.15) is 0 Å². The zero-order chi connectivity index (χ0) is 26.0. The lowest BCUT2D eigenvalue weighted by molar-refractivity contribution is -0.124. The van der Waals surface area contributed by atoms with Crippen LogP contribution in [0.4, 0.5) is 20.2 Å². The highest BCUT2D eigenvalue weighted by molar-refractivity contribution is 7.80. The van der Waals surface area contributed by atoms with E-state index in [0.717, 1.165) is 28.1 Å². The summed E-state index contributed by atoms with van der Waals surface area (Å²) in [6, 6.07) is 13.0. The molecule has 0 saturated carbocycles. The van der Waals surface area contributed by atoms with E-state index in [1.54, 1.807) is 0 Å². The first-order valence-corrected chi connectivity index (χ1v) is 11.5. The molecule has 1 fully saturated rings. The zero-order valence-corrected chi connectivity index (χ0v) is 20.5. The van der Waals surface area contributed by atoms with Crippen LogP contribution in [0, 0.1) is 11.6 Å². The normalized spacial score (nSPS) is 15.3. The quantitative estimate of drug-likeness (QED) is 0.426. The molecule has 1 saturated heterocycles. The Morgan fingerprint density at radius 1 is 0.944 bits per heavy atom. The summed E-state index contributed by atoms with van der Waals surface area (Å²) in [6.45, 7) is 0. The molecule has 0 aromatic heterocycles. The van der Waals surface area contributed by atoms with Crippen LogP contribution in [0.3, 0.4) is 0 Å². The lowest BCUT2D eigenvalue weighted by Gasteiger charge is -2.24. The maximum absolute atomic E-state index is 13.6. The predicted molar refractivity (Wildman–Crippen MR) is 136 cm³/mol. The van der Waals surface area contributed by atoms with E-state index in [1.807, 2.05) is 0 Å². The summed E-state index contributed by atoms with van der Waals surface area (Å²) in [7, 11) is 0. The topological polar surface area (TPSA) is 81.8 Å². The Bertz CT molecular complexity index is 1350. The van der Waals surface area contributed by atoms with Crippen molar-refractivity contribution in [3.63, 3.8) is 0 Å². The Labute approximate surface area is 219 Å². The Kier molecular flexibility index (Phi) is 7.48. The molecule has 3 aromatic rings. The van der Waals surface area contributed by atoms with Gasteiger partial charge in [0.2, 0.25) is 11.0 Å². The second-order valence-electron chi connectivity index (χ2n) is 7.68. The average molecular weight is 549 g/mol. The number of thiocarbonyl (C=S) groups is 1. The van der Waals surface area contributed by atoms with Gasteiger partial charge in [-0.1, -0.05) is 29.3 Å². The molecule has 1 unspecified atom stereocenters. The first-order chi connectivity index (χ1) is 17.1. The summed E-state index contributed by atoms with van der Waals surface area (Å²) in [4.78, 5) is 40.1. The fourth-order valence-electron chi connectivity index (χ4n) is 3.54. The van der Waals surface area contributed by atoms with Crippen LogP contribution in [0.5, 0.6) is 0 Å². The largest absolute Gasteiger partial charge is 0.326 e. The Morgan fingerprint density at radius 2 is 1.61 bits per heavy atom. The molecule has 2 N–H and O–H groups in total. The number of halogens is 4. The van der Waals surface area contributed by atoms with Gasteiger partial charge in [-0.15, -0.1) is 0 Å². The highest BCUT2D eigenvalue weighted by Crippen LogP contribution is 2.27. The van der Waals surface area contributed by atoms with Crippen molar-refractivity contribution < 1.29 is 23.2 Å². The van der Waals surface area contributed by atoms with Crippen molar-refractivity contribution in [1.29, 1.82) is 0 Å². The molecule has 36 heavy (non-hydrogen) atoms. The number of rotatable bonds is 6. The maximum atomic E-state index is 13.6. The second-order valence-corrected chi connectivity index (χ2v) is 8.92. The summed E-state index contributed by atoms with van der Waals surface area (Å²) < 4.78 is 27.1. The summed E-state index contributed by atoms with van der Waals surface area (Å²) in [5, 5.41) is 4.09. The molecule has 0 aliphatic carbocycles. The molecule has 0 bridgehead atoms. The van der Waals surface area contributed by atoms with Crippen LogP contribution in [0.15, 0.2) is 66.7 Å². The molecular formula is C24H16Cl2F2N4O3S. The van der Waals surface area contributed by atoms with Gasteiger partial charge in [-0.05, 0) is 72.9 Å². The molecule has 1 heterocycles. The van der Waals surface area contributed by atoms with Gasteiger partial charge in [0.05, 0.1) is 12.1 Å². The van der Waals surface area contributed by atoms with Gasteiger partial charge < -0.3 is 5.32 Å². The number of amides is 3. The van der Waals surface area contributed by atoms with Crippen LogP contribution in [0.1, 0.15) is 16.8 Å². The maximum Gasteiger partial charge on any atom is 0.269 e. The van der Waals surface area contributed by atoms with Crippen molar-refractivity contribution >= 4 is 69.6 Å². The van der Waals surface area contributed by atoms with Gasteiger partial charge in [0.25, 0.3) is 11.8 Å². The molecule has 7 nitrogen and oxygen atoms in total. The van der Waals surface area contributed by atoms with Gasteiger partial charge in [0.15, 0.2) is 0 Å². The molecule has 0 spiro atoms. The lowest BCUT2D eigenvalue weighted by Crippen LogP contribution is -2.49. The molecule has 1 atom stereocenters. The minimum atomic E-state index is -1.25. The van der Waals surface area contributed by atoms with E-state index >= 15 is 0 Å². The summed E-state index contributed by atoms with van der Waals surface area (Å²) >= 11 is 17.4. The number of anilines is 2. The van der Waals surface area contributed by atoms with E-state index in [0.29, 0.717) is 15.7 Å². The Morgan fingerprint density at radius 3 is 2.25 bits per heavy atom. The number of carbonyl (C=O) groups excluding carboxylic acids is 3. The SMILES string of the molecule is O=C(CC1C(=O)N(c2ccc(F)cc2)C(=S)N1NC(=O)c1cccc(F)c1)Nc1cc(Cl)cc(Cl)c1.